The second-order valence-electron chi connectivity index (χ2n) is 6.25. The van der Waals surface area contributed by atoms with E-state index in [1.165, 1.54) is 16.9 Å². The molecule has 2 aromatic carbocycles. The SMILES string of the molecule is Cc1ccc2c(nc3sc(=Cc4cc5c(cc4Br)OCO5)c(=O)n32)c1C. The molecule has 3 heterocycles. The number of thiazole rings is 1. The van der Waals surface area contributed by atoms with Crippen molar-refractivity contribution in [3.8, 4) is 11.5 Å². The number of benzene rings is 2. The molecule has 130 valence electrons. The number of aromatic nitrogens is 2. The van der Waals surface area contributed by atoms with E-state index in [4.69, 9.17) is 9.47 Å². The van der Waals surface area contributed by atoms with Crippen LogP contribution >= 0.6 is 27.3 Å². The topological polar surface area (TPSA) is 52.8 Å². The molecular weight excluding hydrogens is 416 g/mol. The van der Waals surface area contributed by atoms with Gasteiger partial charge in [0.2, 0.25) is 6.79 Å². The average molecular weight is 429 g/mol. The molecule has 0 spiro atoms. The van der Waals surface area contributed by atoms with Crippen LogP contribution in [0, 0.1) is 13.8 Å². The quantitative estimate of drug-likeness (QED) is 0.465. The van der Waals surface area contributed by atoms with Crippen LogP contribution in [-0.2, 0) is 0 Å². The number of nitrogens with zero attached hydrogens (tertiary/aromatic N) is 2. The van der Waals surface area contributed by atoms with E-state index in [0.29, 0.717) is 21.0 Å². The van der Waals surface area contributed by atoms with Crippen molar-refractivity contribution in [2.45, 2.75) is 13.8 Å². The third-order valence-corrected chi connectivity index (χ3v) is 6.37. The van der Waals surface area contributed by atoms with E-state index in [2.05, 4.69) is 27.8 Å². The lowest BCUT2D eigenvalue weighted by Crippen LogP contribution is -2.22. The van der Waals surface area contributed by atoms with Crippen LogP contribution in [0.5, 0.6) is 11.5 Å². The zero-order valence-electron chi connectivity index (χ0n) is 14.0. The van der Waals surface area contributed by atoms with Crippen LogP contribution in [0.2, 0.25) is 0 Å². The average Bonchev–Trinajstić information content (AvgIpc) is 3.28. The number of fused-ring (bicyclic) bond motifs is 4. The fraction of sp³-hybridized carbons (Fsp3) is 0.158. The minimum Gasteiger partial charge on any atom is -0.454 e. The Balaban J connectivity index is 1.76. The van der Waals surface area contributed by atoms with E-state index in [-0.39, 0.29) is 12.4 Å². The molecule has 5 nitrogen and oxygen atoms in total. The maximum absolute atomic E-state index is 13.0. The minimum absolute atomic E-state index is 0.0553. The molecule has 0 fully saturated rings. The minimum atomic E-state index is -0.0553. The number of rotatable bonds is 1. The summed E-state index contributed by atoms with van der Waals surface area (Å²) in [4.78, 5) is 18.4. The van der Waals surface area contributed by atoms with E-state index >= 15 is 0 Å². The first-order valence-electron chi connectivity index (χ1n) is 8.05. The van der Waals surface area contributed by atoms with Crippen molar-refractivity contribution in [3.05, 3.63) is 60.3 Å². The van der Waals surface area contributed by atoms with Crippen LogP contribution in [-0.4, -0.2) is 16.2 Å². The standard InChI is InChI=1S/C19H13BrN2O3S/c1-9-3-4-13-17(10(9)2)21-19-22(13)18(23)16(26-19)6-11-5-14-15(7-12(11)20)25-8-24-14/h3-7H,8H2,1-2H3. The van der Waals surface area contributed by atoms with Crippen molar-refractivity contribution >= 4 is 49.3 Å². The van der Waals surface area contributed by atoms with Gasteiger partial charge < -0.3 is 9.47 Å². The largest absolute Gasteiger partial charge is 0.454 e. The van der Waals surface area contributed by atoms with Crippen molar-refractivity contribution in [2.24, 2.45) is 0 Å². The Morgan fingerprint density at radius 1 is 1.23 bits per heavy atom. The second-order valence-corrected chi connectivity index (χ2v) is 8.11. The first kappa shape index (κ1) is 15.8. The van der Waals surface area contributed by atoms with Crippen LogP contribution in [0.15, 0.2) is 33.5 Å². The first-order chi connectivity index (χ1) is 12.5. The monoisotopic (exact) mass is 428 g/mol. The lowest BCUT2D eigenvalue weighted by Gasteiger charge is -2.01. The Bertz CT molecular complexity index is 1320. The fourth-order valence-electron chi connectivity index (χ4n) is 3.15. The number of ether oxygens (including phenoxy) is 2. The molecule has 0 atom stereocenters. The molecule has 0 N–H and O–H groups in total. The van der Waals surface area contributed by atoms with Crippen molar-refractivity contribution < 1.29 is 9.47 Å². The smallest absolute Gasteiger partial charge is 0.274 e. The Labute approximate surface area is 160 Å². The van der Waals surface area contributed by atoms with Gasteiger partial charge in [0.25, 0.3) is 5.56 Å². The molecule has 0 amide bonds. The van der Waals surface area contributed by atoms with Crippen LogP contribution in [0.4, 0.5) is 0 Å². The molecule has 0 aliphatic carbocycles. The van der Waals surface area contributed by atoms with Crippen molar-refractivity contribution in [1.82, 2.24) is 9.38 Å². The highest BCUT2D eigenvalue weighted by molar-refractivity contribution is 9.10. The molecule has 0 radical (unpaired) electrons. The van der Waals surface area contributed by atoms with Gasteiger partial charge in [-0.2, -0.15) is 0 Å². The van der Waals surface area contributed by atoms with E-state index in [1.807, 2.05) is 37.3 Å². The molecule has 0 unspecified atom stereocenters. The Morgan fingerprint density at radius 2 is 2.00 bits per heavy atom. The maximum Gasteiger partial charge on any atom is 0.274 e. The van der Waals surface area contributed by atoms with Crippen LogP contribution < -0.4 is 19.6 Å². The highest BCUT2D eigenvalue weighted by Crippen LogP contribution is 2.37. The third kappa shape index (κ3) is 2.20. The zero-order valence-corrected chi connectivity index (χ0v) is 16.4. The van der Waals surface area contributed by atoms with Crippen LogP contribution in [0.25, 0.3) is 22.1 Å². The van der Waals surface area contributed by atoms with E-state index < -0.39 is 0 Å². The van der Waals surface area contributed by atoms with Crippen LogP contribution in [0.3, 0.4) is 0 Å². The summed E-state index contributed by atoms with van der Waals surface area (Å²) in [6.45, 7) is 4.31. The molecule has 4 aromatic rings. The summed E-state index contributed by atoms with van der Waals surface area (Å²) >= 11 is 4.93. The Hall–Kier alpha value is -2.38. The summed E-state index contributed by atoms with van der Waals surface area (Å²) in [5.41, 5.74) is 4.85. The lowest BCUT2D eigenvalue weighted by atomic mass is 10.1. The van der Waals surface area contributed by atoms with Crippen LogP contribution in [0.1, 0.15) is 16.7 Å². The summed E-state index contributed by atoms with van der Waals surface area (Å²) in [6, 6.07) is 7.73. The van der Waals surface area contributed by atoms with Gasteiger partial charge in [-0.05, 0) is 54.8 Å². The van der Waals surface area contributed by atoms with Crippen molar-refractivity contribution in [2.75, 3.05) is 6.79 Å². The summed E-state index contributed by atoms with van der Waals surface area (Å²) in [5, 5.41) is 0. The van der Waals surface area contributed by atoms with Gasteiger partial charge in [-0.15, -0.1) is 0 Å². The third-order valence-electron chi connectivity index (χ3n) is 4.71. The molecule has 0 saturated heterocycles. The van der Waals surface area contributed by atoms with Crippen molar-refractivity contribution in [3.63, 3.8) is 0 Å². The summed E-state index contributed by atoms with van der Waals surface area (Å²) in [6.07, 6.45) is 1.86. The van der Waals surface area contributed by atoms with Gasteiger partial charge >= 0.3 is 0 Å². The van der Waals surface area contributed by atoms with Crippen molar-refractivity contribution in [1.29, 1.82) is 0 Å². The van der Waals surface area contributed by atoms with Gasteiger partial charge in [-0.3, -0.25) is 4.79 Å². The second kappa shape index (κ2) is 5.56. The predicted molar refractivity (Wildman–Crippen MR) is 105 cm³/mol. The molecular formula is C19H13BrN2O3S. The van der Waals surface area contributed by atoms with Gasteiger partial charge in [-0.1, -0.05) is 33.3 Å². The zero-order chi connectivity index (χ0) is 18.0. The molecule has 26 heavy (non-hydrogen) atoms. The van der Waals surface area contributed by atoms with Gasteiger partial charge in [0.15, 0.2) is 16.5 Å². The van der Waals surface area contributed by atoms with E-state index in [9.17, 15) is 4.79 Å². The summed E-state index contributed by atoms with van der Waals surface area (Å²) in [5.74, 6) is 1.39. The lowest BCUT2D eigenvalue weighted by molar-refractivity contribution is 0.174. The number of halogens is 1. The van der Waals surface area contributed by atoms with E-state index in [1.54, 1.807) is 4.40 Å². The highest BCUT2D eigenvalue weighted by atomic mass is 79.9. The molecule has 7 heteroatoms. The number of hydrogen-bond acceptors (Lipinski definition) is 5. The fourth-order valence-corrected chi connectivity index (χ4v) is 4.56. The molecule has 5 rings (SSSR count). The number of aryl methyl sites for hydroxylation is 2. The maximum atomic E-state index is 13.0. The molecule has 1 aliphatic heterocycles. The van der Waals surface area contributed by atoms with E-state index in [0.717, 1.165) is 26.6 Å². The van der Waals surface area contributed by atoms with Gasteiger partial charge in [0, 0.05) is 4.47 Å². The van der Waals surface area contributed by atoms with Gasteiger partial charge in [0.05, 0.1) is 15.6 Å². The summed E-state index contributed by atoms with van der Waals surface area (Å²) in [7, 11) is 0. The first-order valence-corrected chi connectivity index (χ1v) is 9.66. The Morgan fingerprint density at radius 3 is 2.81 bits per heavy atom. The van der Waals surface area contributed by atoms with Gasteiger partial charge in [0.1, 0.15) is 0 Å². The Kier molecular flexibility index (Phi) is 3.39. The molecule has 0 bridgehead atoms. The predicted octanol–water partition coefficient (Wildman–Crippen LogP) is 3.56. The highest BCUT2D eigenvalue weighted by Gasteiger charge is 2.17. The van der Waals surface area contributed by atoms with Gasteiger partial charge in [-0.25, -0.2) is 9.38 Å². The molecule has 0 saturated carbocycles. The normalized spacial score (nSPS) is 14.0. The number of hydrogen-bond donors (Lipinski definition) is 0. The number of imidazole rings is 1. The molecule has 1 aliphatic rings. The summed E-state index contributed by atoms with van der Waals surface area (Å²) < 4.78 is 14.0. The molecule has 2 aromatic heterocycles.